The molecule has 0 amide bonds. The first-order valence-corrected chi connectivity index (χ1v) is 16.6. The van der Waals surface area contributed by atoms with Gasteiger partial charge in [0.1, 0.15) is 20.2 Å². The zero-order chi connectivity index (χ0) is 28.5. The van der Waals surface area contributed by atoms with Crippen LogP contribution in [0.3, 0.4) is 0 Å². The van der Waals surface area contributed by atoms with Crippen LogP contribution in [0, 0.1) is 6.92 Å². The second-order valence-electron chi connectivity index (χ2n) is 10.2. The molecule has 3 aromatic carbocycles. The van der Waals surface area contributed by atoms with Crippen LogP contribution in [0.2, 0.25) is 0 Å². The Kier molecular flexibility index (Phi) is 17.2. The molecule has 0 atom stereocenters. The van der Waals surface area contributed by atoms with Crippen LogP contribution in [0.5, 0.6) is 0 Å². The summed E-state index contributed by atoms with van der Waals surface area (Å²) in [5.74, 6) is 0. The van der Waals surface area contributed by atoms with Crippen molar-refractivity contribution in [3.8, 4) is 22.3 Å². The fourth-order valence-electron chi connectivity index (χ4n) is 5.01. The third-order valence-corrected chi connectivity index (χ3v) is 8.84. The van der Waals surface area contributed by atoms with E-state index in [9.17, 15) is 25.9 Å². The Morgan fingerprint density at radius 2 is 1.12 bits per heavy atom. The van der Waals surface area contributed by atoms with Crippen LogP contribution >= 0.6 is 0 Å². The maximum atomic E-state index is 12.3. The summed E-state index contributed by atoms with van der Waals surface area (Å²) in [6.07, 6.45) is 13.2. The second-order valence-corrected chi connectivity index (χ2v) is 12.9. The summed E-state index contributed by atoms with van der Waals surface area (Å²) < 4.78 is 72.4. The predicted molar refractivity (Wildman–Crippen MR) is 154 cm³/mol. The third kappa shape index (κ3) is 11.8. The number of hydrogen-bond acceptors (Lipinski definition) is 6. The van der Waals surface area contributed by atoms with Crippen LogP contribution in [-0.4, -0.2) is 25.9 Å². The van der Waals surface area contributed by atoms with Gasteiger partial charge >= 0.3 is 59.1 Å². The van der Waals surface area contributed by atoms with E-state index in [1.165, 1.54) is 81.7 Å². The molecule has 0 aliphatic heterocycles. The second kappa shape index (κ2) is 18.3. The first kappa shape index (κ1) is 38.5. The summed E-state index contributed by atoms with van der Waals surface area (Å²) in [7, 11) is -9.87. The van der Waals surface area contributed by atoms with Gasteiger partial charge in [-0.25, -0.2) is 16.8 Å². The van der Waals surface area contributed by atoms with E-state index in [4.69, 9.17) is 0 Å². The number of hydrogen-bond donors (Lipinski definition) is 0. The van der Waals surface area contributed by atoms with E-state index in [0.29, 0.717) is 5.56 Å². The monoisotopic (exact) mass is 616 g/mol. The molecule has 3 aromatic rings. The first-order chi connectivity index (χ1) is 18.5. The van der Waals surface area contributed by atoms with Crippen LogP contribution in [-0.2, 0) is 26.7 Å². The molecule has 0 N–H and O–H groups in total. The number of rotatable bonds is 15. The van der Waals surface area contributed by atoms with E-state index in [1.54, 1.807) is 6.07 Å². The van der Waals surface area contributed by atoms with Crippen molar-refractivity contribution in [3.63, 3.8) is 0 Å². The summed E-state index contributed by atoms with van der Waals surface area (Å²) in [4.78, 5) is -1.12. The van der Waals surface area contributed by atoms with E-state index in [0.717, 1.165) is 42.0 Å². The van der Waals surface area contributed by atoms with Gasteiger partial charge in [0.15, 0.2) is 0 Å². The zero-order valence-corrected chi connectivity index (χ0v) is 30.5. The summed E-state index contributed by atoms with van der Waals surface area (Å²) >= 11 is 0. The predicted octanol–water partition coefficient (Wildman–Crippen LogP) is 1.61. The number of benzene rings is 3. The Hall–Kier alpha value is -0.520. The summed E-state index contributed by atoms with van der Waals surface area (Å²) in [5, 5.41) is 0. The molecule has 0 bridgehead atoms. The molecule has 0 saturated heterocycles. The van der Waals surface area contributed by atoms with Crippen molar-refractivity contribution in [2.75, 3.05) is 0 Å². The molecule has 0 saturated carbocycles. The minimum Gasteiger partial charge on any atom is -0.744 e. The van der Waals surface area contributed by atoms with Gasteiger partial charge in [-0.1, -0.05) is 119 Å². The quantitative estimate of drug-likeness (QED) is 0.146. The van der Waals surface area contributed by atoms with E-state index in [-0.39, 0.29) is 70.2 Å². The van der Waals surface area contributed by atoms with E-state index in [1.807, 2.05) is 25.1 Å². The van der Waals surface area contributed by atoms with Crippen molar-refractivity contribution < 1.29 is 85.1 Å². The zero-order valence-electron chi connectivity index (χ0n) is 24.8. The average Bonchev–Trinajstić information content (AvgIpc) is 2.89. The van der Waals surface area contributed by atoms with Crippen LogP contribution < -0.4 is 59.1 Å². The summed E-state index contributed by atoms with van der Waals surface area (Å²) in [6, 6.07) is 15.7. The molecule has 0 heterocycles. The average molecular weight is 617 g/mol. The van der Waals surface area contributed by atoms with Crippen molar-refractivity contribution in [1.82, 2.24) is 0 Å². The van der Waals surface area contributed by atoms with Gasteiger partial charge in [-0.2, -0.15) is 0 Å². The molecule has 0 spiro atoms. The Balaban J connectivity index is 0.00000420. The van der Waals surface area contributed by atoms with Crippen LogP contribution in [0.1, 0.15) is 82.3 Å². The number of aryl methyl sites for hydroxylation is 2. The fourth-order valence-corrected chi connectivity index (χ4v) is 6.42. The molecule has 0 fully saturated rings. The Morgan fingerprint density at radius 3 is 1.71 bits per heavy atom. The van der Waals surface area contributed by atoms with Gasteiger partial charge in [-0.05, 0) is 48.6 Å². The van der Waals surface area contributed by atoms with Crippen molar-refractivity contribution in [2.45, 2.75) is 94.3 Å². The molecule has 0 unspecified atom stereocenters. The molecule has 0 aliphatic rings. The molecule has 10 heteroatoms. The van der Waals surface area contributed by atoms with Gasteiger partial charge in [-0.15, -0.1) is 0 Å². The molecule has 0 aromatic heterocycles. The van der Waals surface area contributed by atoms with E-state index in [2.05, 4.69) is 6.92 Å². The Labute approximate surface area is 290 Å². The SMILES string of the molecule is CCCCCCCCCCCCc1ccc(C)cc1-c1ccc(-c2ccccc2S(=O)(=O)[O-])c(S(=O)(=O)[O-])c1.[Na+].[Na+]. The molecule has 0 radical (unpaired) electrons. The van der Waals surface area contributed by atoms with Crippen molar-refractivity contribution in [3.05, 3.63) is 71.8 Å². The van der Waals surface area contributed by atoms with Gasteiger partial charge in [0.2, 0.25) is 0 Å². The molecule has 212 valence electrons. The first-order valence-electron chi connectivity index (χ1n) is 13.8. The molecule has 3 rings (SSSR count). The molecular formula is C31H38Na2O6S2. The fraction of sp³-hybridized carbons (Fsp3) is 0.419. The smallest absolute Gasteiger partial charge is 0.744 e. The number of unbranched alkanes of at least 4 members (excludes halogenated alkanes) is 9. The van der Waals surface area contributed by atoms with Gasteiger partial charge in [-0.3, -0.25) is 0 Å². The van der Waals surface area contributed by atoms with Crippen LogP contribution in [0.15, 0.2) is 70.5 Å². The summed E-state index contributed by atoms with van der Waals surface area (Å²) in [5.41, 5.74) is 3.24. The van der Waals surface area contributed by atoms with E-state index < -0.39 is 30.0 Å². The van der Waals surface area contributed by atoms with E-state index >= 15 is 0 Å². The Bertz CT molecular complexity index is 1470. The standard InChI is InChI=1S/C31H40O6S2.2Na/c1-3-4-5-6-7-8-9-10-11-12-15-25-19-18-24(2)22-29(25)26-20-21-28(31(23-26)39(35,36)37)27-16-13-14-17-30(27)38(32,33)34;;/h13-14,16-23H,3-12,15H2,1-2H3,(H,32,33,34)(H,35,36,37);;/q;2*+1/p-2. The van der Waals surface area contributed by atoms with Crippen LogP contribution in [0.4, 0.5) is 0 Å². The molecule has 0 aliphatic carbocycles. The molecule has 6 nitrogen and oxygen atoms in total. The maximum absolute atomic E-state index is 12.3. The topological polar surface area (TPSA) is 114 Å². The molecule has 41 heavy (non-hydrogen) atoms. The molecular weight excluding hydrogens is 578 g/mol. The van der Waals surface area contributed by atoms with Gasteiger partial charge in [0, 0.05) is 11.1 Å². The minimum absolute atomic E-state index is 0. The maximum Gasteiger partial charge on any atom is 1.00 e. The van der Waals surface area contributed by atoms with Gasteiger partial charge in [0.25, 0.3) is 0 Å². The minimum atomic E-state index is -4.98. The normalized spacial score (nSPS) is 11.5. The van der Waals surface area contributed by atoms with Crippen molar-refractivity contribution >= 4 is 20.2 Å². The van der Waals surface area contributed by atoms with Crippen LogP contribution in [0.25, 0.3) is 22.3 Å². The largest absolute Gasteiger partial charge is 1.00 e. The van der Waals surface area contributed by atoms with Crippen molar-refractivity contribution in [2.24, 2.45) is 0 Å². The van der Waals surface area contributed by atoms with Crippen molar-refractivity contribution in [1.29, 1.82) is 0 Å². The third-order valence-electron chi connectivity index (χ3n) is 7.07. The van der Waals surface area contributed by atoms with Gasteiger partial charge < -0.3 is 9.11 Å². The summed E-state index contributed by atoms with van der Waals surface area (Å²) in [6.45, 7) is 4.17. The van der Waals surface area contributed by atoms with Gasteiger partial charge in [0.05, 0.1) is 9.79 Å². The Morgan fingerprint density at radius 1 is 0.585 bits per heavy atom.